The maximum absolute atomic E-state index is 11.4. The Balaban J connectivity index is 1.35. The van der Waals surface area contributed by atoms with E-state index in [1.54, 1.807) is 23.0 Å². The van der Waals surface area contributed by atoms with Gasteiger partial charge in [0.1, 0.15) is 12.4 Å². The van der Waals surface area contributed by atoms with Gasteiger partial charge < -0.3 is 10.1 Å². The van der Waals surface area contributed by atoms with E-state index < -0.39 is 4.92 Å². The fraction of sp³-hybridized carbons (Fsp3) is 0.200. The lowest BCUT2D eigenvalue weighted by molar-refractivity contribution is -0.384. The highest BCUT2D eigenvalue weighted by atomic mass is 16.6. The number of hydrogen-bond donors (Lipinski definition) is 1. The van der Waals surface area contributed by atoms with Crippen molar-refractivity contribution < 1.29 is 14.5 Å². The molecule has 0 saturated heterocycles. The topological polar surface area (TPSA) is 99.3 Å². The molecule has 4 rings (SSSR count). The number of anilines is 1. The number of fused-ring (bicyclic) bond motifs is 1. The van der Waals surface area contributed by atoms with Crippen LogP contribution in [0.3, 0.4) is 0 Å². The minimum atomic E-state index is -0.417. The fourth-order valence-electron chi connectivity index (χ4n) is 3.12. The Labute approximate surface area is 160 Å². The van der Waals surface area contributed by atoms with Crippen molar-refractivity contribution in [3.8, 4) is 16.9 Å². The third-order valence-corrected chi connectivity index (χ3v) is 4.61. The van der Waals surface area contributed by atoms with Crippen LogP contribution < -0.4 is 10.1 Å². The third kappa shape index (κ3) is 3.85. The summed E-state index contributed by atoms with van der Waals surface area (Å²) in [5.41, 5.74) is 3.75. The van der Waals surface area contributed by atoms with Crippen LogP contribution in [0.2, 0.25) is 0 Å². The van der Waals surface area contributed by atoms with E-state index in [9.17, 15) is 14.9 Å². The summed E-state index contributed by atoms with van der Waals surface area (Å²) in [6.45, 7) is 1.02. The highest BCUT2D eigenvalue weighted by Crippen LogP contribution is 2.27. The molecular formula is C20H18N4O4. The molecule has 0 saturated carbocycles. The van der Waals surface area contributed by atoms with E-state index in [4.69, 9.17) is 4.74 Å². The molecule has 2 aromatic carbocycles. The van der Waals surface area contributed by atoms with E-state index in [1.807, 2.05) is 24.4 Å². The monoisotopic (exact) mass is 378 g/mol. The lowest BCUT2D eigenvalue weighted by atomic mass is 10.0. The number of rotatable bonds is 6. The molecule has 142 valence electrons. The van der Waals surface area contributed by atoms with Crippen LogP contribution in [0.15, 0.2) is 54.9 Å². The summed E-state index contributed by atoms with van der Waals surface area (Å²) in [4.78, 5) is 21.7. The van der Waals surface area contributed by atoms with Gasteiger partial charge in [0, 0.05) is 36.0 Å². The summed E-state index contributed by atoms with van der Waals surface area (Å²) in [5, 5.41) is 17.9. The van der Waals surface area contributed by atoms with Gasteiger partial charge in [0.2, 0.25) is 5.91 Å². The Morgan fingerprint density at radius 3 is 2.75 bits per heavy atom. The predicted molar refractivity (Wildman–Crippen MR) is 103 cm³/mol. The van der Waals surface area contributed by atoms with Crippen LogP contribution in [0, 0.1) is 10.1 Å². The third-order valence-electron chi connectivity index (χ3n) is 4.61. The van der Waals surface area contributed by atoms with Gasteiger partial charge in [0.25, 0.3) is 5.69 Å². The maximum Gasteiger partial charge on any atom is 0.269 e. The standard InChI is InChI=1S/C20H18N4O4/c25-20-8-3-15-11-18(6-7-19(15)22-20)28-10-9-23-13-16(12-21-23)14-1-4-17(5-2-14)24(26)27/h1-2,4-7,11-13H,3,8-10H2,(H,22,25). The number of carbonyl (C=O) groups is 1. The second-order valence-electron chi connectivity index (χ2n) is 6.51. The zero-order valence-corrected chi connectivity index (χ0v) is 15.0. The summed E-state index contributed by atoms with van der Waals surface area (Å²) in [7, 11) is 0. The molecule has 0 unspecified atom stereocenters. The molecule has 1 aliphatic heterocycles. The summed E-state index contributed by atoms with van der Waals surface area (Å²) >= 11 is 0. The summed E-state index contributed by atoms with van der Waals surface area (Å²) < 4.78 is 7.58. The Bertz CT molecular complexity index is 1030. The van der Waals surface area contributed by atoms with Crippen LogP contribution in [-0.4, -0.2) is 27.2 Å². The van der Waals surface area contributed by atoms with Crippen LogP contribution >= 0.6 is 0 Å². The van der Waals surface area contributed by atoms with Crippen molar-refractivity contribution in [3.63, 3.8) is 0 Å². The number of ether oxygens (including phenoxy) is 1. The average Bonchev–Trinajstić information content (AvgIpc) is 3.17. The van der Waals surface area contributed by atoms with Crippen LogP contribution in [0.25, 0.3) is 11.1 Å². The number of hydrogen-bond acceptors (Lipinski definition) is 5. The number of carbonyl (C=O) groups excluding carboxylic acids is 1. The first-order chi connectivity index (χ1) is 13.6. The van der Waals surface area contributed by atoms with E-state index in [0.29, 0.717) is 19.6 Å². The maximum atomic E-state index is 11.4. The number of non-ortho nitro benzene ring substituents is 1. The lowest BCUT2D eigenvalue weighted by Crippen LogP contribution is -2.18. The SMILES string of the molecule is O=C1CCc2cc(OCCn3cc(-c4ccc([N+](=O)[O-])cc4)cn3)ccc2N1. The highest BCUT2D eigenvalue weighted by Gasteiger charge is 2.15. The molecular weight excluding hydrogens is 360 g/mol. The quantitative estimate of drug-likeness (QED) is 0.523. The molecule has 28 heavy (non-hydrogen) atoms. The molecule has 0 radical (unpaired) electrons. The van der Waals surface area contributed by atoms with Crippen LogP contribution in [0.4, 0.5) is 11.4 Å². The summed E-state index contributed by atoms with van der Waals surface area (Å²) in [6.07, 6.45) is 4.82. The number of benzene rings is 2. The second kappa shape index (κ2) is 7.51. The molecule has 1 amide bonds. The van der Waals surface area contributed by atoms with E-state index >= 15 is 0 Å². The van der Waals surface area contributed by atoms with Gasteiger partial charge >= 0.3 is 0 Å². The van der Waals surface area contributed by atoms with Gasteiger partial charge in [-0.25, -0.2) is 0 Å². The van der Waals surface area contributed by atoms with Gasteiger partial charge in [0.05, 0.1) is 17.7 Å². The van der Waals surface area contributed by atoms with E-state index in [1.165, 1.54) is 12.1 Å². The van der Waals surface area contributed by atoms with Gasteiger partial charge in [0.15, 0.2) is 0 Å². The van der Waals surface area contributed by atoms with Crippen molar-refractivity contribution in [2.24, 2.45) is 0 Å². The molecule has 0 spiro atoms. The average molecular weight is 378 g/mol. The molecule has 1 aromatic heterocycles. The molecule has 2 heterocycles. The van der Waals surface area contributed by atoms with Gasteiger partial charge in [-0.1, -0.05) is 0 Å². The second-order valence-corrected chi connectivity index (χ2v) is 6.51. The largest absolute Gasteiger partial charge is 0.492 e. The number of aromatic nitrogens is 2. The molecule has 8 heteroatoms. The first-order valence-corrected chi connectivity index (χ1v) is 8.91. The lowest BCUT2D eigenvalue weighted by Gasteiger charge is -2.17. The molecule has 3 aromatic rings. The molecule has 0 atom stereocenters. The molecule has 0 fully saturated rings. The number of nitro groups is 1. The zero-order chi connectivity index (χ0) is 19.5. The first kappa shape index (κ1) is 17.7. The Kier molecular flexibility index (Phi) is 4.76. The number of aryl methyl sites for hydroxylation is 1. The van der Waals surface area contributed by atoms with Crippen LogP contribution in [0.1, 0.15) is 12.0 Å². The molecule has 0 bridgehead atoms. The number of nitrogens with zero attached hydrogens (tertiary/aromatic N) is 3. The highest BCUT2D eigenvalue weighted by molar-refractivity contribution is 5.94. The predicted octanol–water partition coefficient (Wildman–Crippen LogP) is 3.42. The van der Waals surface area contributed by atoms with E-state index in [2.05, 4.69) is 10.4 Å². The molecule has 8 nitrogen and oxygen atoms in total. The molecule has 0 aliphatic carbocycles. The summed E-state index contributed by atoms with van der Waals surface area (Å²) in [5.74, 6) is 0.807. The molecule has 1 N–H and O–H groups in total. The first-order valence-electron chi connectivity index (χ1n) is 8.91. The van der Waals surface area contributed by atoms with Gasteiger partial charge in [-0.05, 0) is 47.9 Å². The van der Waals surface area contributed by atoms with Crippen molar-refractivity contribution in [1.29, 1.82) is 0 Å². The Hall–Kier alpha value is -3.68. The number of nitrogens with one attached hydrogen (secondary N) is 1. The van der Waals surface area contributed by atoms with Crippen LogP contribution in [-0.2, 0) is 17.8 Å². The Morgan fingerprint density at radius 2 is 1.96 bits per heavy atom. The number of amides is 1. The van der Waals surface area contributed by atoms with Gasteiger partial charge in [-0.3, -0.25) is 19.6 Å². The van der Waals surface area contributed by atoms with Gasteiger partial charge in [-0.15, -0.1) is 0 Å². The van der Waals surface area contributed by atoms with Crippen molar-refractivity contribution in [2.75, 3.05) is 11.9 Å². The van der Waals surface area contributed by atoms with Gasteiger partial charge in [-0.2, -0.15) is 5.10 Å². The molecule has 1 aliphatic rings. The van der Waals surface area contributed by atoms with Crippen molar-refractivity contribution in [2.45, 2.75) is 19.4 Å². The fourth-order valence-corrected chi connectivity index (χ4v) is 3.12. The zero-order valence-electron chi connectivity index (χ0n) is 15.0. The minimum absolute atomic E-state index is 0.0451. The van der Waals surface area contributed by atoms with E-state index in [0.717, 1.165) is 34.5 Å². The van der Waals surface area contributed by atoms with Crippen LogP contribution in [0.5, 0.6) is 5.75 Å². The normalized spacial score (nSPS) is 12.9. The van der Waals surface area contributed by atoms with Crippen molar-refractivity contribution in [1.82, 2.24) is 9.78 Å². The minimum Gasteiger partial charge on any atom is -0.492 e. The van der Waals surface area contributed by atoms with Crippen molar-refractivity contribution in [3.05, 3.63) is 70.5 Å². The Morgan fingerprint density at radius 1 is 1.14 bits per heavy atom. The van der Waals surface area contributed by atoms with E-state index in [-0.39, 0.29) is 11.6 Å². The summed E-state index contributed by atoms with van der Waals surface area (Å²) in [6, 6.07) is 12.0. The van der Waals surface area contributed by atoms with Crippen molar-refractivity contribution >= 4 is 17.3 Å². The smallest absolute Gasteiger partial charge is 0.269 e. The number of nitro benzene ring substituents is 1.